The van der Waals surface area contributed by atoms with Crippen molar-refractivity contribution < 1.29 is 24.2 Å². The molecule has 1 heterocycles. The summed E-state index contributed by atoms with van der Waals surface area (Å²) < 4.78 is 4.54. The highest BCUT2D eigenvalue weighted by Crippen LogP contribution is 2.03. The first-order valence-corrected chi connectivity index (χ1v) is 5.75. The summed E-state index contributed by atoms with van der Waals surface area (Å²) in [5.74, 6) is -1.90. The second-order valence-electron chi connectivity index (χ2n) is 3.92. The first-order chi connectivity index (χ1) is 9.49. The minimum absolute atomic E-state index is 0.253. The van der Waals surface area contributed by atoms with Crippen molar-refractivity contribution in [2.45, 2.75) is 13.5 Å². The van der Waals surface area contributed by atoms with Crippen LogP contribution in [0.3, 0.4) is 0 Å². The Morgan fingerprint density at radius 3 is 2.75 bits per heavy atom. The van der Waals surface area contributed by atoms with Gasteiger partial charge in [-0.1, -0.05) is 0 Å². The van der Waals surface area contributed by atoms with E-state index in [9.17, 15) is 14.4 Å². The Balaban J connectivity index is 2.28. The van der Waals surface area contributed by atoms with Gasteiger partial charge in [0.25, 0.3) is 5.91 Å². The van der Waals surface area contributed by atoms with Gasteiger partial charge >= 0.3 is 12.0 Å². The zero-order chi connectivity index (χ0) is 15.0. The molecule has 8 nitrogen and oxygen atoms in total. The van der Waals surface area contributed by atoms with E-state index < -0.39 is 31.1 Å². The molecular weight excluding hydrogens is 266 g/mol. The third-order valence-electron chi connectivity index (χ3n) is 2.29. The Labute approximate surface area is 115 Å². The minimum atomic E-state index is -1.18. The average molecular weight is 281 g/mol. The third-order valence-corrected chi connectivity index (χ3v) is 2.29. The average Bonchev–Trinajstić information content (AvgIpc) is 2.37. The third kappa shape index (κ3) is 5.91. The van der Waals surface area contributed by atoms with E-state index in [1.54, 1.807) is 18.5 Å². The number of nitrogens with zero attached hydrogens (tertiary/aromatic N) is 1. The van der Waals surface area contributed by atoms with Crippen LogP contribution in [0.2, 0.25) is 0 Å². The zero-order valence-electron chi connectivity index (χ0n) is 10.9. The summed E-state index contributed by atoms with van der Waals surface area (Å²) in [4.78, 5) is 36.7. The normalized spacial score (nSPS) is 9.85. The molecule has 0 atom stereocenters. The van der Waals surface area contributed by atoms with Crippen molar-refractivity contribution in [3.63, 3.8) is 0 Å². The summed E-state index contributed by atoms with van der Waals surface area (Å²) in [6.45, 7) is 1.02. The number of pyridine rings is 1. The summed E-state index contributed by atoms with van der Waals surface area (Å²) in [6.07, 6.45) is 3.27. The van der Waals surface area contributed by atoms with Crippen LogP contribution in [0.15, 0.2) is 18.5 Å². The summed E-state index contributed by atoms with van der Waals surface area (Å²) >= 11 is 0. The predicted molar refractivity (Wildman–Crippen MR) is 67.8 cm³/mol. The van der Waals surface area contributed by atoms with Crippen LogP contribution < -0.4 is 10.6 Å². The van der Waals surface area contributed by atoms with E-state index in [0.29, 0.717) is 0 Å². The molecule has 3 N–H and O–H groups in total. The van der Waals surface area contributed by atoms with E-state index in [-0.39, 0.29) is 6.54 Å². The van der Waals surface area contributed by atoms with Crippen molar-refractivity contribution in [1.82, 2.24) is 15.6 Å². The molecule has 0 saturated heterocycles. The largest absolute Gasteiger partial charge is 0.480 e. The number of imide groups is 1. The highest BCUT2D eigenvalue weighted by Gasteiger charge is 2.08. The fraction of sp³-hybridized carbons (Fsp3) is 0.333. The Morgan fingerprint density at radius 2 is 2.10 bits per heavy atom. The van der Waals surface area contributed by atoms with Crippen LogP contribution in [0.5, 0.6) is 0 Å². The molecular formula is C12H15N3O5. The molecule has 0 saturated carbocycles. The number of aliphatic carboxylic acids is 1. The molecule has 1 aromatic heterocycles. The number of aryl methyl sites for hydroxylation is 1. The van der Waals surface area contributed by atoms with Crippen molar-refractivity contribution >= 4 is 17.9 Å². The Hall–Kier alpha value is -2.48. The SMILES string of the molecule is Cc1cnccc1CNC(=O)NC(=O)COCC(=O)O. The number of rotatable bonds is 6. The van der Waals surface area contributed by atoms with Gasteiger partial charge in [-0.25, -0.2) is 9.59 Å². The van der Waals surface area contributed by atoms with Crippen molar-refractivity contribution in [2.75, 3.05) is 13.2 Å². The van der Waals surface area contributed by atoms with Gasteiger partial charge in [0.15, 0.2) is 0 Å². The lowest BCUT2D eigenvalue weighted by atomic mass is 10.1. The van der Waals surface area contributed by atoms with Gasteiger partial charge in [-0.3, -0.25) is 15.1 Å². The maximum absolute atomic E-state index is 11.4. The van der Waals surface area contributed by atoms with Gasteiger partial charge in [0.2, 0.25) is 0 Å². The molecule has 3 amide bonds. The maximum Gasteiger partial charge on any atom is 0.329 e. The molecule has 0 aromatic carbocycles. The molecule has 1 aromatic rings. The van der Waals surface area contributed by atoms with E-state index in [0.717, 1.165) is 11.1 Å². The molecule has 0 aliphatic rings. The molecule has 20 heavy (non-hydrogen) atoms. The number of carbonyl (C=O) groups excluding carboxylic acids is 2. The Kier molecular flexibility index (Phi) is 6.11. The molecule has 0 fully saturated rings. The minimum Gasteiger partial charge on any atom is -0.480 e. The second kappa shape index (κ2) is 7.85. The van der Waals surface area contributed by atoms with Crippen LogP contribution in [0.1, 0.15) is 11.1 Å². The lowest BCUT2D eigenvalue weighted by Crippen LogP contribution is -2.41. The lowest BCUT2D eigenvalue weighted by molar-refractivity contribution is -0.143. The quantitative estimate of drug-likeness (QED) is 0.665. The molecule has 8 heteroatoms. The van der Waals surface area contributed by atoms with E-state index in [1.165, 1.54) is 0 Å². The van der Waals surface area contributed by atoms with Crippen LogP contribution in [-0.4, -0.2) is 41.2 Å². The van der Waals surface area contributed by atoms with Crippen LogP contribution in [0.4, 0.5) is 4.79 Å². The van der Waals surface area contributed by atoms with Crippen LogP contribution in [0.25, 0.3) is 0 Å². The van der Waals surface area contributed by atoms with E-state index in [4.69, 9.17) is 5.11 Å². The topological polar surface area (TPSA) is 118 Å². The number of carboxylic acid groups (broad SMARTS) is 1. The highest BCUT2D eigenvalue weighted by atomic mass is 16.5. The molecule has 108 valence electrons. The number of hydrogen-bond donors (Lipinski definition) is 3. The number of aromatic nitrogens is 1. The molecule has 0 spiro atoms. The number of carboxylic acids is 1. The first-order valence-electron chi connectivity index (χ1n) is 5.75. The Morgan fingerprint density at radius 1 is 1.35 bits per heavy atom. The molecule has 0 radical (unpaired) electrons. The van der Waals surface area contributed by atoms with Crippen LogP contribution >= 0.6 is 0 Å². The number of nitrogens with one attached hydrogen (secondary N) is 2. The van der Waals surface area contributed by atoms with Gasteiger partial charge in [0, 0.05) is 18.9 Å². The standard InChI is InChI=1S/C12H15N3O5/c1-8-4-13-3-2-9(8)5-14-12(19)15-10(16)6-20-7-11(17)18/h2-4H,5-7H2,1H3,(H,17,18)(H2,14,15,16,19). The number of carbonyl (C=O) groups is 3. The smallest absolute Gasteiger partial charge is 0.329 e. The second-order valence-corrected chi connectivity index (χ2v) is 3.92. The fourth-order valence-corrected chi connectivity index (χ4v) is 1.31. The lowest BCUT2D eigenvalue weighted by Gasteiger charge is -2.08. The van der Waals surface area contributed by atoms with Crippen molar-refractivity contribution in [2.24, 2.45) is 0 Å². The van der Waals surface area contributed by atoms with Crippen LogP contribution in [0, 0.1) is 6.92 Å². The monoisotopic (exact) mass is 281 g/mol. The van der Waals surface area contributed by atoms with E-state index >= 15 is 0 Å². The number of hydrogen-bond acceptors (Lipinski definition) is 5. The number of ether oxygens (including phenoxy) is 1. The molecule has 0 aliphatic carbocycles. The van der Waals surface area contributed by atoms with Gasteiger partial charge in [0.05, 0.1) is 0 Å². The summed E-state index contributed by atoms with van der Waals surface area (Å²) in [6, 6.07) is 1.08. The Bertz CT molecular complexity index is 504. The molecule has 0 bridgehead atoms. The van der Waals surface area contributed by atoms with Gasteiger partial charge in [-0.2, -0.15) is 0 Å². The number of amides is 3. The fourth-order valence-electron chi connectivity index (χ4n) is 1.31. The van der Waals surface area contributed by atoms with Crippen LogP contribution in [-0.2, 0) is 20.9 Å². The van der Waals surface area contributed by atoms with Gasteiger partial charge < -0.3 is 15.2 Å². The summed E-state index contributed by atoms with van der Waals surface area (Å²) in [5, 5.41) is 12.8. The van der Waals surface area contributed by atoms with Gasteiger partial charge in [-0.05, 0) is 24.1 Å². The highest BCUT2D eigenvalue weighted by molar-refractivity contribution is 5.94. The summed E-state index contributed by atoms with van der Waals surface area (Å²) in [5.41, 5.74) is 1.80. The van der Waals surface area contributed by atoms with Crippen molar-refractivity contribution in [3.8, 4) is 0 Å². The van der Waals surface area contributed by atoms with E-state index in [2.05, 4.69) is 15.0 Å². The first kappa shape index (κ1) is 15.6. The summed E-state index contributed by atoms with van der Waals surface area (Å²) in [7, 11) is 0. The van der Waals surface area contributed by atoms with Crippen molar-refractivity contribution in [1.29, 1.82) is 0 Å². The van der Waals surface area contributed by atoms with Gasteiger partial charge in [-0.15, -0.1) is 0 Å². The number of urea groups is 1. The molecule has 0 aliphatic heterocycles. The maximum atomic E-state index is 11.4. The van der Waals surface area contributed by atoms with E-state index in [1.807, 2.05) is 12.2 Å². The zero-order valence-corrected chi connectivity index (χ0v) is 10.9. The van der Waals surface area contributed by atoms with Crippen molar-refractivity contribution in [3.05, 3.63) is 29.6 Å². The predicted octanol–water partition coefficient (Wildman–Crippen LogP) is -0.183. The molecule has 1 rings (SSSR count). The molecule has 0 unspecified atom stereocenters. The van der Waals surface area contributed by atoms with Gasteiger partial charge in [0.1, 0.15) is 13.2 Å².